The summed E-state index contributed by atoms with van der Waals surface area (Å²) in [5, 5.41) is 12.9. The van der Waals surface area contributed by atoms with Crippen LogP contribution in [0.25, 0.3) is 0 Å². The topological polar surface area (TPSA) is 102 Å². The molecule has 2 heterocycles. The number of carbonyl (C=O) groups is 3. The van der Waals surface area contributed by atoms with Crippen LogP contribution in [0, 0.1) is 6.92 Å². The first-order chi connectivity index (χ1) is 17.3. The number of ether oxygens (including phenoxy) is 1. The van der Waals surface area contributed by atoms with E-state index in [0.29, 0.717) is 48.1 Å². The van der Waals surface area contributed by atoms with E-state index < -0.39 is 11.9 Å². The summed E-state index contributed by atoms with van der Waals surface area (Å²) in [6.45, 7) is 4.02. The quantitative estimate of drug-likeness (QED) is 0.549. The molecule has 0 unspecified atom stereocenters. The van der Waals surface area contributed by atoms with Gasteiger partial charge in [-0.1, -0.05) is 35.4 Å². The maximum atomic E-state index is 13.0. The van der Waals surface area contributed by atoms with Gasteiger partial charge in [0, 0.05) is 38.3 Å². The van der Waals surface area contributed by atoms with Gasteiger partial charge in [-0.2, -0.15) is 0 Å². The molecule has 190 valence electrons. The Kier molecular flexibility index (Phi) is 7.81. The third-order valence-electron chi connectivity index (χ3n) is 6.38. The molecule has 1 fully saturated rings. The van der Waals surface area contributed by atoms with E-state index in [9.17, 15) is 19.5 Å². The number of β-amino-alcohol motifs (C(OH)–C–C–N with tert-alkyl or cyclic N) is 1. The Morgan fingerprint density at radius 1 is 1.08 bits per heavy atom. The molecule has 0 spiro atoms. The summed E-state index contributed by atoms with van der Waals surface area (Å²) in [6, 6.07) is 12.8. The largest absolute Gasteiger partial charge is 0.466 e. The van der Waals surface area contributed by atoms with Gasteiger partial charge in [0.1, 0.15) is 5.70 Å². The van der Waals surface area contributed by atoms with E-state index in [1.807, 2.05) is 36.1 Å². The van der Waals surface area contributed by atoms with Gasteiger partial charge in [-0.05, 0) is 31.2 Å². The minimum atomic E-state index is -0.613. The van der Waals surface area contributed by atoms with Crippen LogP contribution in [0.15, 0.2) is 53.7 Å². The number of hydrogen-bond donors (Lipinski definition) is 2. The van der Waals surface area contributed by atoms with Crippen molar-refractivity contribution in [1.29, 1.82) is 0 Å². The van der Waals surface area contributed by atoms with Gasteiger partial charge in [0.15, 0.2) is 0 Å². The predicted octanol–water partition coefficient (Wildman–Crippen LogP) is 2.28. The highest BCUT2D eigenvalue weighted by atomic mass is 35.5. The molecule has 0 radical (unpaired) electrons. The first-order valence-electron chi connectivity index (χ1n) is 11.7. The highest BCUT2D eigenvalue weighted by molar-refractivity contribution is 6.34. The molecule has 0 atom stereocenters. The molecule has 0 aromatic heterocycles. The number of aryl methyl sites for hydroxylation is 1. The number of rotatable bonds is 7. The third-order valence-corrected chi connectivity index (χ3v) is 6.69. The fourth-order valence-corrected chi connectivity index (χ4v) is 4.73. The van der Waals surface area contributed by atoms with Crippen LogP contribution in [0.2, 0.25) is 5.02 Å². The highest BCUT2D eigenvalue weighted by Gasteiger charge is 2.35. The number of nitrogens with one attached hydrogen (secondary N) is 1. The number of halogens is 1. The Labute approximate surface area is 214 Å². The molecule has 9 nitrogen and oxygen atoms in total. The molecule has 2 aliphatic rings. The molecule has 2 N–H and O–H groups in total. The molecule has 0 saturated carbocycles. The number of methoxy groups -OCH3 is 1. The Morgan fingerprint density at radius 2 is 1.78 bits per heavy atom. The average Bonchev–Trinajstić information content (AvgIpc) is 3.19. The number of amides is 2. The minimum absolute atomic E-state index is 0.0134. The lowest BCUT2D eigenvalue weighted by Crippen LogP contribution is -2.49. The van der Waals surface area contributed by atoms with E-state index in [1.54, 1.807) is 18.2 Å². The Hall–Kier alpha value is -3.56. The molecule has 0 aliphatic carbocycles. The van der Waals surface area contributed by atoms with Crippen molar-refractivity contribution in [2.24, 2.45) is 0 Å². The van der Waals surface area contributed by atoms with Crippen molar-refractivity contribution < 1.29 is 24.2 Å². The Balaban J connectivity index is 1.54. The monoisotopic (exact) mass is 512 g/mol. The number of para-hydroxylation sites is 1. The van der Waals surface area contributed by atoms with E-state index in [2.05, 4.69) is 10.2 Å². The van der Waals surface area contributed by atoms with Crippen LogP contribution in [0.5, 0.6) is 0 Å². The van der Waals surface area contributed by atoms with Crippen LogP contribution in [0.4, 0.5) is 11.4 Å². The number of piperazine rings is 1. The molecule has 2 amide bonds. The van der Waals surface area contributed by atoms with Crippen molar-refractivity contribution in [3.8, 4) is 0 Å². The van der Waals surface area contributed by atoms with Crippen LogP contribution in [-0.4, -0.2) is 85.7 Å². The summed E-state index contributed by atoms with van der Waals surface area (Å²) >= 11 is 6.60. The van der Waals surface area contributed by atoms with E-state index in [1.165, 1.54) is 12.0 Å². The second-order valence-corrected chi connectivity index (χ2v) is 9.11. The first-order valence-corrected chi connectivity index (χ1v) is 12.1. The lowest BCUT2D eigenvalue weighted by molar-refractivity contribution is -0.136. The highest BCUT2D eigenvalue weighted by Crippen LogP contribution is 2.36. The summed E-state index contributed by atoms with van der Waals surface area (Å²) in [5.41, 5.74) is 3.30. The van der Waals surface area contributed by atoms with Gasteiger partial charge in [0.25, 0.3) is 11.8 Å². The number of anilines is 2. The second-order valence-electron chi connectivity index (χ2n) is 8.70. The second kappa shape index (κ2) is 11.0. The van der Waals surface area contributed by atoms with Gasteiger partial charge in [0.2, 0.25) is 0 Å². The summed E-state index contributed by atoms with van der Waals surface area (Å²) < 4.78 is 4.87. The van der Waals surface area contributed by atoms with Crippen LogP contribution < -0.4 is 10.2 Å². The van der Waals surface area contributed by atoms with Gasteiger partial charge in [-0.25, -0.2) is 4.79 Å². The normalized spacial score (nSPS) is 16.0. The van der Waals surface area contributed by atoms with Crippen molar-refractivity contribution >= 4 is 40.8 Å². The summed E-state index contributed by atoms with van der Waals surface area (Å²) in [7, 11) is 1.26. The number of carbonyl (C=O) groups excluding carboxylic acids is 3. The standard InChI is InChI=1S/C26H29ClN4O5/c1-17-6-8-18(9-7-17)24(33)30-12-10-29(11-13-30)23-20(27)4-3-5-21(23)28-22-19(26(35)36-2)16-31(14-15-32)25(22)34/h3-9,28,32H,10-16H2,1-2H3. The summed E-state index contributed by atoms with van der Waals surface area (Å²) in [5.74, 6) is -1.03. The molecule has 1 saturated heterocycles. The average molecular weight is 513 g/mol. The third kappa shape index (κ3) is 5.17. The summed E-state index contributed by atoms with van der Waals surface area (Å²) in [4.78, 5) is 43.5. The molecule has 2 aliphatic heterocycles. The Bertz CT molecular complexity index is 1190. The van der Waals surface area contributed by atoms with Gasteiger partial charge >= 0.3 is 5.97 Å². The fraction of sp³-hybridized carbons (Fsp3) is 0.346. The SMILES string of the molecule is COC(=O)C1=C(Nc2cccc(Cl)c2N2CCN(C(=O)c3ccc(C)cc3)CC2)C(=O)N(CCO)C1. The van der Waals surface area contributed by atoms with Gasteiger partial charge in [0.05, 0.1) is 42.2 Å². The number of esters is 1. The minimum Gasteiger partial charge on any atom is -0.466 e. The first kappa shape index (κ1) is 25.5. The van der Waals surface area contributed by atoms with Crippen LogP contribution in [0.3, 0.4) is 0 Å². The van der Waals surface area contributed by atoms with E-state index in [0.717, 1.165) is 5.56 Å². The molecule has 4 rings (SSSR count). The maximum Gasteiger partial charge on any atom is 0.337 e. The lowest BCUT2D eigenvalue weighted by atomic mass is 10.1. The van der Waals surface area contributed by atoms with E-state index in [4.69, 9.17) is 16.3 Å². The number of aliphatic hydroxyl groups excluding tert-OH is 1. The van der Waals surface area contributed by atoms with E-state index >= 15 is 0 Å². The van der Waals surface area contributed by atoms with Crippen LogP contribution >= 0.6 is 11.6 Å². The number of benzene rings is 2. The number of hydrogen-bond acceptors (Lipinski definition) is 7. The van der Waals surface area contributed by atoms with E-state index in [-0.39, 0.29) is 36.9 Å². The maximum absolute atomic E-state index is 13.0. The number of aliphatic hydroxyl groups is 1. The fourth-order valence-electron chi connectivity index (χ4n) is 4.43. The van der Waals surface area contributed by atoms with Crippen LogP contribution in [0.1, 0.15) is 15.9 Å². The van der Waals surface area contributed by atoms with Gasteiger partial charge in [-0.15, -0.1) is 0 Å². The zero-order chi connectivity index (χ0) is 25.8. The van der Waals surface area contributed by atoms with Crippen molar-refractivity contribution in [2.75, 3.05) is 63.2 Å². The van der Waals surface area contributed by atoms with Gasteiger partial charge < -0.3 is 29.9 Å². The molecular weight excluding hydrogens is 484 g/mol. The molecule has 36 heavy (non-hydrogen) atoms. The molecule has 10 heteroatoms. The smallest absolute Gasteiger partial charge is 0.337 e. The summed E-state index contributed by atoms with van der Waals surface area (Å²) in [6.07, 6.45) is 0. The molecule has 0 bridgehead atoms. The lowest BCUT2D eigenvalue weighted by Gasteiger charge is -2.37. The van der Waals surface area contributed by atoms with Crippen LogP contribution in [-0.2, 0) is 14.3 Å². The van der Waals surface area contributed by atoms with Crippen molar-refractivity contribution in [2.45, 2.75) is 6.92 Å². The zero-order valence-corrected chi connectivity index (χ0v) is 21.0. The van der Waals surface area contributed by atoms with Crippen molar-refractivity contribution in [1.82, 2.24) is 9.80 Å². The predicted molar refractivity (Wildman–Crippen MR) is 137 cm³/mol. The zero-order valence-electron chi connectivity index (χ0n) is 20.3. The molecular formula is C26H29ClN4O5. The molecule has 2 aromatic carbocycles. The molecule has 2 aromatic rings. The Morgan fingerprint density at radius 3 is 2.42 bits per heavy atom. The van der Waals surface area contributed by atoms with Gasteiger partial charge in [-0.3, -0.25) is 9.59 Å². The number of nitrogens with zero attached hydrogens (tertiary/aromatic N) is 3. The van der Waals surface area contributed by atoms with Crippen molar-refractivity contribution in [3.05, 3.63) is 69.9 Å². The van der Waals surface area contributed by atoms with Crippen molar-refractivity contribution in [3.63, 3.8) is 0 Å².